The summed E-state index contributed by atoms with van der Waals surface area (Å²) in [4.78, 5) is 2.46. The molecule has 0 unspecified atom stereocenters. The second kappa shape index (κ2) is 4.03. The highest BCUT2D eigenvalue weighted by Gasteiger charge is 2.42. The van der Waals surface area contributed by atoms with Crippen LogP contribution in [0, 0.1) is 5.41 Å². The van der Waals surface area contributed by atoms with Gasteiger partial charge in [0.1, 0.15) is 0 Å². The highest BCUT2D eigenvalue weighted by Crippen LogP contribution is 2.45. The molecule has 1 aliphatic heterocycles. The van der Waals surface area contributed by atoms with Crippen LogP contribution in [0.15, 0.2) is 0 Å². The van der Waals surface area contributed by atoms with Crippen LogP contribution in [0.2, 0.25) is 0 Å². The predicted molar refractivity (Wildman–Crippen MR) is 63.5 cm³/mol. The number of nitrogens with two attached hydrogens (primary N) is 1. The van der Waals surface area contributed by atoms with Gasteiger partial charge >= 0.3 is 0 Å². The Kier molecular flexibility index (Phi) is 3.10. The molecule has 14 heavy (non-hydrogen) atoms. The molecule has 1 saturated heterocycles. The summed E-state index contributed by atoms with van der Waals surface area (Å²) in [5, 5.41) is 0.407. The Morgan fingerprint density at radius 1 is 1.36 bits per heavy atom. The third-order valence-corrected chi connectivity index (χ3v) is 4.63. The van der Waals surface area contributed by atoms with Crippen molar-refractivity contribution < 1.29 is 0 Å². The van der Waals surface area contributed by atoms with E-state index in [9.17, 15) is 0 Å². The van der Waals surface area contributed by atoms with Crippen molar-refractivity contribution in [3.05, 3.63) is 0 Å². The first-order chi connectivity index (χ1) is 6.64. The van der Waals surface area contributed by atoms with E-state index in [1.165, 1.54) is 45.2 Å². The number of likely N-dealkylation sites (tertiary alicyclic amines) is 1. The van der Waals surface area contributed by atoms with Crippen molar-refractivity contribution >= 4 is 12.6 Å². The first-order valence-corrected chi connectivity index (χ1v) is 6.33. The zero-order chi connectivity index (χ0) is 10.2. The van der Waals surface area contributed by atoms with E-state index < -0.39 is 0 Å². The maximum absolute atomic E-state index is 6.23. The minimum atomic E-state index is 0.407. The zero-order valence-corrected chi connectivity index (χ0v) is 9.97. The minimum absolute atomic E-state index is 0.407. The normalized spacial score (nSPS) is 34.9. The van der Waals surface area contributed by atoms with E-state index in [1.54, 1.807) is 0 Å². The molecular weight excluding hydrogens is 192 g/mol. The monoisotopic (exact) mass is 214 g/mol. The number of nitrogens with zero attached hydrogens (tertiary/aromatic N) is 1. The first-order valence-electron chi connectivity index (χ1n) is 5.82. The molecule has 1 aliphatic carbocycles. The van der Waals surface area contributed by atoms with Crippen LogP contribution in [0.5, 0.6) is 0 Å². The molecule has 2 fully saturated rings. The fraction of sp³-hybridized carbons (Fsp3) is 1.00. The number of hydrogen-bond donors (Lipinski definition) is 2. The maximum atomic E-state index is 6.23. The highest BCUT2D eigenvalue weighted by atomic mass is 32.1. The molecule has 0 aromatic heterocycles. The quantitative estimate of drug-likeness (QED) is 0.652. The van der Waals surface area contributed by atoms with E-state index in [2.05, 4.69) is 24.5 Å². The third kappa shape index (κ3) is 1.82. The average molecular weight is 214 g/mol. The largest absolute Gasteiger partial charge is 0.327 e. The van der Waals surface area contributed by atoms with Gasteiger partial charge in [-0.2, -0.15) is 12.6 Å². The van der Waals surface area contributed by atoms with Gasteiger partial charge in [0, 0.05) is 11.4 Å². The van der Waals surface area contributed by atoms with Crippen LogP contribution >= 0.6 is 12.6 Å². The molecule has 2 aliphatic rings. The maximum Gasteiger partial charge on any atom is 0.0499 e. The summed E-state index contributed by atoms with van der Waals surface area (Å²) in [6.45, 7) is 4.55. The summed E-state index contributed by atoms with van der Waals surface area (Å²) in [6.07, 6.45) is 6.54. The molecule has 0 amide bonds. The van der Waals surface area contributed by atoms with Crippen molar-refractivity contribution in [3.63, 3.8) is 0 Å². The predicted octanol–water partition coefficient (Wildman–Crippen LogP) is 1.86. The van der Waals surface area contributed by atoms with Crippen LogP contribution in [0.4, 0.5) is 0 Å². The molecule has 1 spiro atoms. The molecule has 0 radical (unpaired) electrons. The Bertz CT molecular complexity index is 197. The summed E-state index contributed by atoms with van der Waals surface area (Å²) in [7, 11) is 0. The van der Waals surface area contributed by atoms with Gasteiger partial charge in [0.2, 0.25) is 0 Å². The van der Waals surface area contributed by atoms with E-state index in [0.29, 0.717) is 16.8 Å². The first kappa shape index (κ1) is 10.8. The van der Waals surface area contributed by atoms with Gasteiger partial charge in [0.25, 0.3) is 0 Å². The molecular formula is C11H22N2S. The Morgan fingerprint density at radius 2 is 2.00 bits per heavy atom. The number of thiol groups is 1. The fourth-order valence-corrected chi connectivity index (χ4v) is 3.36. The smallest absolute Gasteiger partial charge is 0.0499 e. The Balaban J connectivity index is 1.94. The van der Waals surface area contributed by atoms with E-state index in [4.69, 9.17) is 5.73 Å². The molecule has 0 bridgehead atoms. The molecule has 1 saturated carbocycles. The summed E-state index contributed by atoms with van der Waals surface area (Å²) < 4.78 is 0. The van der Waals surface area contributed by atoms with Gasteiger partial charge in [-0.25, -0.2) is 0 Å². The second-order valence-corrected chi connectivity index (χ2v) is 5.78. The van der Waals surface area contributed by atoms with Crippen molar-refractivity contribution in [2.45, 2.75) is 50.4 Å². The van der Waals surface area contributed by atoms with Gasteiger partial charge in [-0.1, -0.05) is 6.42 Å². The van der Waals surface area contributed by atoms with Crippen LogP contribution < -0.4 is 5.73 Å². The second-order valence-electron chi connectivity index (χ2n) is 5.03. The van der Waals surface area contributed by atoms with E-state index >= 15 is 0 Å². The lowest BCUT2D eigenvalue weighted by Gasteiger charge is -2.43. The zero-order valence-electron chi connectivity index (χ0n) is 9.08. The van der Waals surface area contributed by atoms with Crippen LogP contribution in [-0.2, 0) is 0 Å². The Labute approximate surface area is 92.6 Å². The van der Waals surface area contributed by atoms with Crippen LogP contribution in [0.1, 0.15) is 39.0 Å². The van der Waals surface area contributed by atoms with Crippen LogP contribution in [0.25, 0.3) is 0 Å². The highest BCUT2D eigenvalue weighted by molar-refractivity contribution is 7.80. The molecule has 0 aromatic carbocycles. The molecule has 82 valence electrons. The van der Waals surface area contributed by atoms with Crippen LogP contribution in [0.3, 0.4) is 0 Å². The molecule has 2 atom stereocenters. The van der Waals surface area contributed by atoms with Crippen molar-refractivity contribution in [2.75, 3.05) is 13.1 Å². The van der Waals surface area contributed by atoms with Crippen molar-refractivity contribution in [1.29, 1.82) is 0 Å². The van der Waals surface area contributed by atoms with Gasteiger partial charge in [-0.3, -0.25) is 4.90 Å². The summed E-state index contributed by atoms with van der Waals surface area (Å²) in [5.41, 5.74) is 6.73. The fourth-order valence-electron chi connectivity index (χ4n) is 3.13. The van der Waals surface area contributed by atoms with E-state index in [0.717, 1.165) is 0 Å². The molecule has 2 nitrogen and oxygen atoms in total. The standard InChI is InChI=1S/C11H22N2S/c1-9(14)13-7-5-11(6-8-13)4-2-3-10(11)12/h9-10,14H,2-8,12H2,1H3/t9-,10+/m0/s1. The van der Waals surface area contributed by atoms with E-state index in [1.807, 2.05) is 0 Å². The lowest BCUT2D eigenvalue weighted by Crippen LogP contribution is -2.48. The number of rotatable bonds is 1. The Morgan fingerprint density at radius 3 is 2.43 bits per heavy atom. The van der Waals surface area contributed by atoms with Gasteiger partial charge in [0.15, 0.2) is 0 Å². The summed E-state index contributed by atoms with van der Waals surface area (Å²) in [5.74, 6) is 0. The lowest BCUT2D eigenvalue weighted by atomic mass is 9.74. The van der Waals surface area contributed by atoms with Gasteiger partial charge < -0.3 is 5.73 Å². The van der Waals surface area contributed by atoms with E-state index in [-0.39, 0.29) is 0 Å². The third-order valence-electron chi connectivity index (χ3n) is 4.30. The van der Waals surface area contributed by atoms with Crippen molar-refractivity contribution in [3.8, 4) is 0 Å². The van der Waals surface area contributed by atoms with Crippen molar-refractivity contribution in [1.82, 2.24) is 4.90 Å². The van der Waals surface area contributed by atoms with Gasteiger partial charge in [-0.05, 0) is 51.1 Å². The molecule has 0 aromatic rings. The molecule has 3 heteroatoms. The number of piperidine rings is 1. The average Bonchev–Trinajstić information content (AvgIpc) is 2.49. The Hall–Kier alpha value is 0.270. The molecule has 2 N–H and O–H groups in total. The SMILES string of the molecule is C[C@H](S)N1CCC2(CCC[C@H]2N)CC1. The molecule has 2 rings (SSSR count). The van der Waals surface area contributed by atoms with Gasteiger partial charge in [-0.15, -0.1) is 0 Å². The topological polar surface area (TPSA) is 29.3 Å². The summed E-state index contributed by atoms with van der Waals surface area (Å²) in [6, 6.07) is 0.472. The van der Waals surface area contributed by atoms with Crippen LogP contribution in [-0.4, -0.2) is 29.4 Å². The van der Waals surface area contributed by atoms with Crippen molar-refractivity contribution in [2.24, 2.45) is 11.1 Å². The lowest BCUT2D eigenvalue weighted by molar-refractivity contribution is 0.0921. The molecule has 1 heterocycles. The number of hydrogen-bond acceptors (Lipinski definition) is 3. The van der Waals surface area contributed by atoms with Gasteiger partial charge in [0.05, 0.1) is 0 Å². The summed E-state index contributed by atoms with van der Waals surface area (Å²) >= 11 is 4.49. The minimum Gasteiger partial charge on any atom is -0.327 e.